The van der Waals surface area contributed by atoms with Crippen LogP contribution in [0.4, 0.5) is 0 Å². The topological polar surface area (TPSA) is 109 Å². The van der Waals surface area contributed by atoms with Gasteiger partial charge in [-0.2, -0.15) is 0 Å². The lowest BCUT2D eigenvalue weighted by molar-refractivity contribution is -0.136. The van der Waals surface area contributed by atoms with Gasteiger partial charge in [-0.25, -0.2) is 9.79 Å². The van der Waals surface area contributed by atoms with E-state index in [0.717, 1.165) is 0 Å². The highest BCUT2D eigenvalue weighted by Crippen LogP contribution is 2.35. The van der Waals surface area contributed by atoms with Gasteiger partial charge in [0.2, 0.25) is 0 Å². The Bertz CT molecular complexity index is 1560. The molecule has 1 N–H and O–H groups in total. The molecule has 2 aromatic carbocycles. The predicted molar refractivity (Wildman–Crippen MR) is 147 cm³/mol. The number of thiazole rings is 1. The number of nitrogens with zero attached hydrogens (tertiary/aromatic N) is 2. The molecule has 11 heteroatoms. The number of aromatic hydroxyl groups is 1. The Morgan fingerprint density at radius 1 is 1.14 bits per heavy atom. The molecule has 0 fully saturated rings. The molecule has 4 rings (SSSR count). The van der Waals surface area contributed by atoms with Crippen molar-refractivity contribution < 1.29 is 28.8 Å². The number of methoxy groups -OCH3 is 2. The molecule has 1 aliphatic heterocycles. The van der Waals surface area contributed by atoms with Crippen molar-refractivity contribution in [1.29, 1.82) is 0 Å². The van der Waals surface area contributed by atoms with Gasteiger partial charge < -0.3 is 24.1 Å². The number of hydrogen-bond acceptors (Lipinski definition) is 9. The minimum absolute atomic E-state index is 0.0324. The van der Waals surface area contributed by atoms with Crippen LogP contribution in [0.1, 0.15) is 31.0 Å². The summed E-state index contributed by atoms with van der Waals surface area (Å²) in [4.78, 5) is 31.3. The smallest absolute Gasteiger partial charge is 0.337 e. The number of phenolic OH excluding ortho intramolecular Hbond substituents is 1. The molecule has 3 aromatic rings. The van der Waals surface area contributed by atoms with E-state index in [1.54, 1.807) is 36.4 Å². The molecule has 2 heterocycles. The van der Waals surface area contributed by atoms with Crippen molar-refractivity contribution in [3.05, 3.63) is 76.5 Å². The molecule has 0 bridgehead atoms. The van der Waals surface area contributed by atoms with Crippen LogP contribution in [-0.2, 0) is 9.53 Å². The van der Waals surface area contributed by atoms with Crippen LogP contribution in [0.25, 0.3) is 6.08 Å². The summed E-state index contributed by atoms with van der Waals surface area (Å²) in [5.74, 6) is 0.822. The number of hydrogen-bond donors (Lipinski definition) is 1. The second-order valence-corrected chi connectivity index (χ2v) is 9.97. The molecule has 1 aliphatic rings. The standard InChI is InChI=1S/C26H25IN2O7S/c1-5-35-18-8-7-15(12-19(18)36-6-2)22-16(25(32)34-4)13-28-26-29(22)24(31)21(37-26)11-14-9-17(27)23(30)20(10-14)33-3/h7-13,22,30H,5-6H2,1-4H3/b21-11-/t22-/m1/s1. The first-order valence-electron chi connectivity index (χ1n) is 11.4. The zero-order valence-corrected chi connectivity index (χ0v) is 23.6. The van der Waals surface area contributed by atoms with Crippen LogP contribution in [-0.4, -0.2) is 43.1 Å². The van der Waals surface area contributed by atoms with Gasteiger partial charge in [-0.3, -0.25) is 9.36 Å². The highest BCUT2D eigenvalue weighted by atomic mass is 127. The summed E-state index contributed by atoms with van der Waals surface area (Å²) >= 11 is 3.20. The van der Waals surface area contributed by atoms with Gasteiger partial charge in [0.1, 0.15) is 0 Å². The average Bonchev–Trinajstić information content (AvgIpc) is 3.21. The fraction of sp³-hybridized carbons (Fsp3) is 0.269. The van der Waals surface area contributed by atoms with Gasteiger partial charge >= 0.3 is 5.97 Å². The van der Waals surface area contributed by atoms with E-state index >= 15 is 0 Å². The Hall–Kier alpha value is -3.32. The molecule has 0 aliphatic carbocycles. The van der Waals surface area contributed by atoms with Crippen molar-refractivity contribution in [2.75, 3.05) is 27.4 Å². The van der Waals surface area contributed by atoms with E-state index in [9.17, 15) is 14.7 Å². The van der Waals surface area contributed by atoms with E-state index in [1.807, 2.05) is 36.4 Å². The Labute approximate surface area is 230 Å². The van der Waals surface area contributed by atoms with Crippen molar-refractivity contribution in [1.82, 2.24) is 4.57 Å². The van der Waals surface area contributed by atoms with E-state index < -0.39 is 12.0 Å². The van der Waals surface area contributed by atoms with Crippen LogP contribution in [0.15, 0.2) is 51.9 Å². The van der Waals surface area contributed by atoms with Crippen LogP contribution in [0, 0.1) is 3.57 Å². The molecular weight excluding hydrogens is 611 g/mol. The lowest BCUT2D eigenvalue weighted by atomic mass is 9.97. The average molecular weight is 636 g/mol. The molecule has 1 aromatic heterocycles. The third kappa shape index (κ3) is 5.23. The molecule has 194 valence electrons. The maximum absolute atomic E-state index is 13.7. The summed E-state index contributed by atoms with van der Waals surface area (Å²) in [6.45, 7) is 4.62. The first kappa shape index (κ1) is 26.7. The highest BCUT2D eigenvalue weighted by Gasteiger charge is 2.31. The lowest BCUT2D eigenvalue weighted by Crippen LogP contribution is -2.39. The zero-order valence-electron chi connectivity index (χ0n) is 20.6. The minimum Gasteiger partial charge on any atom is -0.504 e. The molecule has 0 saturated carbocycles. The molecule has 1 atom stereocenters. The molecular formula is C26H25IN2O7S. The summed E-state index contributed by atoms with van der Waals surface area (Å²) in [5.41, 5.74) is 1.21. The Balaban J connectivity index is 1.91. The maximum atomic E-state index is 13.7. The lowest BCUT2D eigenvalue weighted by Gasteiger charge is -2.23. The van der Waals surface area contributed by atoms with Crippen molar-refractivity contribution >= 4 is 46.0 Å². The quantitative estimate of drug-likeness (QED) is 0.299. The Morgan fingerprint density at radius 3 is 2.54 bits per heavy atom. The van der Waals surface area contributed by atoms with E-state index in [-0.39, 0.29) is 16.9 Å². The van der Waals surface area contributed by atoms with Gasteiger partial charge in [-0.1, -0.05) is 17.4 Å². The van der Waals surface area contributed by atoms with Gasteiger partial charge in [0, 0.05) is 6.20 Å². The fourth-order valence-corrected chi connectivity index (χ4v) is 5.57. The number of fused-ring (bicyclic) bond motifs is 1. The number of aromatic nitrogens is 1. The molecule has 9 nitrogen and oxygen atoms in total. The van der Waals surface area contributed by atoms with E-state index in [2.05, 4.69) is 4.99 Å². The summed E-state index contributed by atoms with van der Waals surface area (Å²) in [5, 5.41) is 10.2. The highest BCUT2D eigenvalue weighted by molar-refractivity contribution is 14.1. The predicted octanol–water partition coefficient (Wildman–Crippen LogP) is 3.13. The number of halogens is 1. The van der Waals surface area contributed by atoms with Crippen LogP contribution in [0.3, 0.4) is 0 Å². The maximum Gasteiger partial charge on any atom is 0.337 e. The molecule has 37 heavy (non-hydrogen) atoms. The number of benzene rings is 2. The molecule has 0 unspecified atom stereocenters. The minimum atomic E-state index is -0.782. The number of rotatable bonds is 8. The largest absolute Gasteiger partial charge is 0.504 e. The summed E-state index contributed by atoms with van der Waals surface area (Å²) < 4.78 is 24.2. The molecule has 0 amide bonds. The summed E-state index contributed by atoms with van der Waals surface area (Å²) in [7, 11) is 2.75. The van der Waals surface area contributed by atoms with Crippen LogP contribution < -0.4 is 29.1 Å². The van der Waals surface area contributed by atoms with Gasteiger partial charge in [-0.15, -0.1) is 0 Å². The van der Waals surface area contributed by atoms with Gasteiger partial charge in [0.15, 0.2) is 27.8 Å². The summed E-state index contributed by atoms with van der Waals surface area (Å²) in [6, 6.07) is 7.94. The van der Waals surface area contributed by atoms with Crippen LogP contribution in [0.2, 0.25) is 0 Å². The second-order valence-electron chi connectivity index (χ2n) is 7.80. The third-order valence-electron chi connectivity index (χ3n) is 5.58. The van der Waals surface area contributed by atoms with E-state index in [0.29, 0.717) is 54.5 Å². The first-order chi connectivity index (χ1) is 17.8. The van der Waals surface area contributed by atoms with Gasteiger partial charge in [0.25, 0.3) is 5.56 Å². The van der Waals surface area contributed by atoms with Gasteiger partial charge in [0.05, 0.1) is 47.2 Å². The van der Waals surface area contributed by atoms with Crippen molar-refractivity contribution in [2.45, 2.75) is 19.9 Å². The normalized spacial score (nSPS) is 14.9. The SMILES string of the molecule is CCOc1ccc([C@@H]2C(C(=O)OC)=CN=c3s/c(=C\c4cc(I)c(O)c(OC)c4)c(=O)n32)cc1OCC. The Morgan fingerprint density at radius 2 is 1.86 bits per heavy atom. The third-order valence-corrected chi connectivity index (χ3v) is 7.40. The van der Waals surface area contributed by atoms with E-state index in [1.165, 1.54) is 36.3 Å². The van der Waals surface area contributed by atoms with Crippen molar-refractivity contribution in [3.8, 4) is 23.0 Å². The molecule has 0 saturated heterocycles. The van der Waals surface area contributed by atoms with Crippen molar-refractivity contribution in [2.24, 2.45) is 4.99 Å². The Kier molecular flexibility index (Phi) is 8.22. The number of carbonyl (C=O) groups is 1. The van der Waals surface area contributed by atoms with Crippen LogP contribution >= 0.6 is 33.9 Å². The molecule has 0 spiro atoms. The zero-order chi connectivity index (χ0) is 26.7. The second kappa shape index (κ2) is 11.4. The van der Waals surface area contributed by atoms with E-state index in [4.69, 9.17) is 18.9 Å². The first-order valence-corrected chi connectivity index (χ1v) is 13.3. The monoisotopic (exact) mass is 636 g/mol. The van der Waals surface area contributed by atoms with Crippen LogP contribution in [0.5, 0.6) is 23.0 Å². The van der Waals surface area contributed by atoms with Gasteiger partial charge in [-0.05, 0) is 77.9 Å². The summed E-state index contributed by atoms with van der Waals surface area (Å²) in [6.07, 6.45) is 3.14. The molecule has 0 radical (unpaired) electrons. The fourth-order valence-electron chi connectivity index (χ4n) is 3.97. The number of esters is 1. The number of phenols is 1. The van der Waals surface area contributed by atoms with Crippen molar-refractivity contribution in [3.63, 3.8) is 0 Å². The number of ether oxygens (including phenoxy) is 4. The number of carbonyl (C=O) groups excluding carboxylic acids is 1.